The normalized spacial score (nSPS) is 50.6. The third kappa shape index (κ3) is 2.73. The average molecular weight is 330 g/mol. The number of hydrogen-bond donors (Lipinski definition) is 1. The van der Waals surface area contributed by atoms with Crippen LogP contribution in [0.5, 0.6) is 0 Å². The molecule has 0 spiro atoms. The first kappa shape index (κ1) is 16.2. The molecule has 4 rings (SSSR count). The predicted octanol–water partition coefficient (Wildman–Crippen LogP) is 5.18. The number of alkyl halides is 3. The minimum atomic E-state index is -4.24. The van der Waals surface area contributed by atoms with Crippen molar-refractivity contribution in [2.24, 2.45) is 41.4 Å². The highest BCUT2D eigenvalue weighted by Crippen LogP contribution is 2.59. The topological polar surface area (TPSA) is 20.2 Å². The number of fused-ring (bicyclic) bond motifs is 5. The number of rotatable bonds is 0. The Hall–Kier alpha value is -0.250. The average Bonchev–Trinajstić information content (AvgIpc) is 2.52. The molecule has 4 fully saturated rings. The molecular formula is C19H29F3O. The van der Waals surface area contributed by atoms with E-state index in [9.17, 15) is 18.3 Å². The van der Waals surface area contributed by atoms with Crippen LogP contribution in [-0.4, -0.2) is 17.4 Å². The van der Waals surface area contributed by atoms with Crippen LogP contribution in [0.25, 0.3) is 0 Å². The van der Waals surface area contributed by atoms with E-state index in [1.807, 2.05) is 0 Å². The van der Waals surface area contributed by atoms with E-state index in [0.717, 1.165) is 31.1 Å². The van der Waals surface area contributed by atoms with Crippen LogP contribution < -0.4 is 0 Å². The third-order valence-corrected chi connectivity index (χ3v) is 7.92. The molecule has 8 atom stereocenters. The molecule has 1 nitrogen and oxygen atoms in total. The summed E-state index contributed by atoms with van der Waals surface area (Å²) >= 11 is 0. The molecule has 4 saturated carbocycles. The van der Waals surface area contributed by atoms with Gasteiger partial charge in [0.1, 0.15) is 0 Å². The van der Waals surface area contributed by atoms with E-state index >= 15 is 0 Å². The molecule has 4 aliphatic rings. The Kier molecular flexibility index (Phi) is 4.18. The van der Waals surface area contributed by atoms with Crippen LogP contribution in [0, 0.1) is 41.4 Å². The van der Waals surface area contributed by atoms with Crippen molar-refractivity contribution >= 4 is 0 Å². The van der Waals surface area contributed by atoms with Crippen LogP contribution >= 0.6 is 0 Å². The lowest BCUT2D eigenvalue weighted by atomic mass is 9.50. The Morgan fingerprint density at radius 1 is 0.609 bits per heavy atom. The fraction of sp³-hybridized carbons (Fsp3) is 1.00. The van der Waals surface area contributed by atoms with Gasteiger partial charge in [-0.3, -0.25) is 0 Å². The summed E-state index contributed by atoms with van der Waals surface area (Å²) in [5.74, 6) is 1.26. The highest BCUT2D eigenvalue weighted by atomic mass is 19.4. The molecule has 0 aromatic rings. The first-order valence-electron chi connectivity index (χ1n) is 9.71. The summed E-state index contributed by atoms with van der Waals surface area (Å²) in [6.45, 7) is 0. The van der Waals surface area contributed by atoms with Gasteiger partial charge in [0.2, 0.25) is 0 Å². The molecule has 0 heterocycles. The molecule has 1 N–H and O–H groups in total. The fourth-order valence-electron chi connectivity index (χ4n) is 7.14. The molecule has 8 unspecified atom stereocenters. The van der Waals surface area contributed by atoms with E-state index < -0.39 is 18.2 Å². The van der Waals surface area contributed by atoms with Gasteiger partial charge in [-0.15, -0.1) is 0 Å². The number of aliphatic hydroxyl groups is 1. The summed E-state index contributed by atoms with van der Waals surface area (Å²) in [5.41, 5.74) is 0. The van der Waals surface area contributed by atoms with Crippen LogP contribution in [-0.2, 0) is 0 Å². The van der Waals surface area contributed by atoms with Gasteiger partial charge in [0.15, 0.2) is 0 Å². The van der Waals surface area contributed by atoms with Crippen molar-refractivity contribution in [3.63, 3.8) is 0 Å². The standard InChI is InChI=1S/C19H29F3O/c20-19(21,22)18-16-8-7-13-12-4-2-1-3-11(12)5-6-14(13)15(16)9-10-17(18)23/h11-18,23H,1-10H2. The quantitative estimate of drug-likeness (QED) is 0.649. The fourth-order valence-corrected chi connectivity index (χ4v) is 7.14. The first-order chi connectivity index (χ1) is 11.0. The van der Waals surface area contributed by atoms with Gasteiger partial charge in [0, 0.05) is 0 Å². The van der Waals surface area contributed by atoms with E-state index in [0.29, 0.717) is 24.7 Å². The van der Waals surface area contributed by atoms with E-state index in [-0.39, 0.29) is 11.8 Å². The SMILES string of the molecule is OC1CCC2C3CCC4CCCCC4C3CCC2C1C(F)(F)F. The Morgan fingerprint density at radius 2 is 1.17 bits per heavy atom. The van der Waals surface area contributed by atoms with E-state index in [1.165, 1.54) is 32.1 Å². The predicted molar refractivity (Wildman–Crippen MR) is 82.7 cm³/mol. The van der Waals surface area contributed by atoms with Gasteiger partial charge in [-0.05, 0) is 80.5 Å². The minimum absolute atomic E-state index is 0.214. The van der Waals surface area contributed by atoms with Crippen molar-refractivity contribution in [1.29, 1.82) is 0 Å². The summed E-state index contributed by atoms with van der Waals surface area (Å²) in [6.07, 6.45) is 5.16. The molecule has 23 heavy (non-hydrogen) atoms. The Balaban J connectivity index is 1.56. The highest BCUT2D eigenvalue weighted by molar-refractivity contribution is 5.01. The molecule has 0 radical (unpaired) electrons. The molecule has 4 aliphatic carbocycles. The van der Waals surface area contributed by atoms with Crippen molar-refractivity contribution in [3.05, 3.63) is 0 Å². The van der Waals surface area contributed by atoms with Crippen molar-refractivity contribution < 1.29 is 18.3 Å². The first-order valence-corrected chi connectivity index (χ1v) is 9.71. The molecule has 0 aliphatic heterocycles. The molecule has 0 amide bonds. The van der Waals surface area contributed by atoms with Gasteiger partial charge < -0.3 is 5.11 Å². The summed E-state index contributed by atoms with van der Waals surface area (Å²) in [5, 5.41) is 10.0. The highest BCUT2D eigenvalue weighted by Gasteiger charge is 2.57. The molecule has 0 aromatic carbocycles. The van der Waals surface area contributed by atoms with Gasteiger partial charge in [-0.2, -0.15) is 13.2 Å². The van der Waals surface area contributed by atoms with E-state index in [2.05, 4.69) is 0 Å². The van der Waals surface area contributed by atoms with Crippen LogP contribution in [0.15, 0.2) is 0 Å². The summed E-state index contributed by atoms with van der Waals surface area (Å²) < 4.78 is 40.5. The lowest BCUT2D eigenvalue weighted by Crippen LogP contribution is -2.53. The monoisotopic (exact) mass is 330 g/mol. The van der Waals surface area contributed by atoms with E-state index in [4.69, 9.17) is 0 Å². The third-order valence-electron chi connectivity index (χ3n) is 7.92. The zero-order valence-electron chi connectivity index (χ0n) is 13.8. The Morgan fingerprint density at radius 3 is 1.96 bits per heavy atom. The van der Waals surface area contributed by atoms with Gasteiger partial charge in [-0.1, -0.05) is 19.3 Å². The summed E-state index contributed by atoms with van der Waals surface area (Å²) in [7, 11) is 0. The number of hydrogen-bond acceptors (Lipinski definition) is 1. The van der Waals surface area contributed by atoms with Gasteiger partial charge in [0.05, 0.1) is 12.0 Å². The Bertz CT molecular complexity index is 435. The molecular weight excluding hydrogens is 301 g/mol. The van der Waals surface area contributed by atoms with Crippen molar-refractivity contribution in [3.8, 4) is 0 Å². The van der Waals surface area contributed by atoms with Crippen molar-refractivity contribution in [1.82, 2.24) is 0 Å². The molecule has 0 bridgehead atoms. The minimum Gasteiger partial charge on any atom is -0.392 e. The molecule has 4 heteroatoms. The molecule has 0 aromatic heterocycles. The second-order valence-electron chi connectivity index (χ2n) is 8.73. The van der Waals surface area contributed by atoms with Crippen molar-refractivity contribution in [2.75, 3.05) is 0 Å². The second kappa shape index (κ2) is 5.93. The largest absolute Gasteiger partial charge is 0.394 e. The maximum atomic E-state index is 13.5. The zero-order valence-corrected chi connectivity index (χ0v) is 13.8. The van der Waals surface area contributed by atoms with Crippen LogP contribution in [0.1, 0.15) is 64.2 Å². The van der Waals surface area contributed by atoms with Crippen molar-refractivity contribution in [2.45, 2.75) is 76.5 Å². The summed E-state index contributed by atoms with van der Waals surface area (Å²) in [6, 6.07) is 0. The smallest absolute Gasteiger partial charge is 0.392 e. The molecule has 0 saturated heterocycles. The van der Waals surface area contributed by atoms with Crippen LogP contribution in [0.2, 0.25) is 0 Å². The summed E-state index contributed by atoms with van der Waals surface area (Å²) in [4.78, 5) is 0. The lowest BCUT2D eigenvalue weighted by Gasteiger charge is -2.56. The number of aliphatic hydroxyl groups excluding tert-OH is 1. The second-order valence-corrected chi connectivity index (χ2v) is 8.73. The van der Waals surface area contributed by atoms with Crippen LogP contribution in [0.3, 0.4) is 0 Å². The zero-order chi connectivity index (χ0) is 16.2. The lowest BCUT2D eigenvalue weighted by molar-refractivity contribution is -0.242. The van der Waals surface area contributed by atoms with Gasteiger partial charge in [0.25, 0.3) is 0 Å². The number of halogens is 3. The van der Waals surface area contributed by atoms with Crippen LogP contribution in [0.4, 0.5) is 13.2 Å². The maximum Gasteiger partial charge on any atom is 0.394 e. The van der Waals surface area contributed by atoms with Gasteiger partial charge >= 0.3 is 6.18 Å². The molecule has 132 valence electrons. The Labute approximate surface area is 137 Å². The van der Waals surface area contributed by atoms with E-state index in [1.54, 1.807) is 0 Å². The van der Waals surface area contributed by atoms with Gasteiger partial charge in [-0.25, -0.2) is 0 Å². The maximum absolute atomic E-state index is 13.5.